The summed E-state index contributed by atoms with van der Waals surface area (Å²) >= 11 is 5.94. The molecule has 2 saturated heterocycles. The summed E-state index contributed by atoms with van der Waals surface area (Å²) in [7, 11) is 4.01. The molecule has 2 aromatic rings. The van der Waals surface area contributed by atoms with Crippen LogP contribution in [0.1, 0.15) is 6.92 Å². The summed E-state index contributed by atoms with van der Waals surface area (Å²) in [5.41, 5.74) is 2.05. The predicted molar refractivity (Wildman–Crippen MR) is 108 cm³/mol. The number of rotatable bonds is 3. The van der Waals surface area contributed by atoms with Crippen molar-refractivity contribution >= 4 is 34.8 Å². The number of anilines is 3. The number of urea groups is 1. The van der Waals surface area contributed by atoms with Crippen LogP contribution in [0.25, 0.3) is 0 Å². The molecule has 2 fully saturated rings. The van der Waals surface area contributed by atoms with Gasteiger partial charge in [0, 0.05) is 51.3 Å². The van der Waals surface area contributed by atoms with Gasteiger partial charge in [-0.05, 0) is 48.9 Å². The van der Waals surface area contributed by atoms with E-state index in [0.29, 0.717) is 6.54 Å². The van der Waals surface area contributed by atoms with E-state index in [0.717, 1.165) is 30.3 Å². The number of aromatic nitrogens is 2. The lowest BCUT2D eigenvalue weighted by atomic mass is 10.1. The zero-order valence-corrected chi connectivity index (χ0v) is 16.5. The summed E-state index contributed by atoms with van der Waals surface area (Å²) in [6.07, 6.45) is 1.67. The first-order chi connectivity index (χ1) is 13.0. The van der Waals surface area contributed by atoms with Crippen LogP contribution in [-0.2, 0) is 0 Å². The van der Waals surface area contributed by atoms with Crippen molar-refractivity contribution in [3.63, 3.8) is 0 Å². The number of hydrogen-bond donors (Lipinski definition) is 0. The molecule has 0 bridgehead atoms. The third kappa shape index (κ3) is 3.16. The minimum Gasteiger partial charge on any atom is -0.378 e. The highest BCUT2D eigenvalue weighted by atomic mass is 35.5. The van der Waals surface area contributed by atoms with Crippen molar-refractivity contribution in [1.29, 1.82) is 0 Å². The van der Waals surface area contributed by atoms with Gasteiger partial charge in [-0.25, -0.2) is 14.8 Å². The standard InChI is InChI=1S/C19H23ClN6O/c1-13-16-12-24(17-8-9-21-18(20)22-17)10-11-25(16)19(27)26(13)15-6-4-14(5-7-15)23(2)3/h4-9,13,16H,10-12H2,1-3H3. The lowest BCUT2D eigenvalue weighted by molar-refractivity contribution is 0.195. The molecule has 2 amide bonds. The molecule has 0 saturated carbocycles. The van der Waals surface area contributed by atoms with E-state index in [1.807, 2.05) is 59.1 Å². The van der Waals surface area contributed by atoms with Crippen LogP contribution in [-0.4, -0.2) is 66.7 Å². The summed E-state index contributed by atoms with van der Waals surface area (Å²) < 4.78 is 0. The van der Waals surface area contributed by atoms with Gasteiger partial charge in [-0.1, -0.05) is 0 Å². The van der Waals surface area contributed by atoms with Crippen LogP contribution in [0.15, 0.2) is 36.5 Å². The summed E-state index contributed by atoms with van der Waals surface area (Å²) in [5.74, 6) is 0.808. The molecule has 2 aliphatic heterocycles. The number of carbonyl (C=O) groups excluding carboxylic acids is 1. The third-order valence-electron chi connectivity index (χ3n) is 5.41. The number of hydrogen-bond acceptors (Lipinski definition) is 5. The highest BCUT2D eigenvalue weighted by molar-refractivity contribution is 6.28. The maximum Gasteiger partial charge on any atom is 0.325 e. The van der Waals surface area contributed by atoms with Crippen molar-refractivity contribution in [2.75, 3.05) is 48.4 Å². The Hall–Kier alpha value is -2.54. The van der Waals surface area contributed by atoms with E-state index < -0.39 is 0 Å². The first-order valence-electron chi connectivity index (χ1n) is 9.06. The minimum atomic E-state index is 0.0721. The number of benzene rings is 1. The number of carbonyl (C=O) groups is 1. The summed E-state index contributed by atoms with van der Waals surface area (Å²) in [4.78, 5) is 29.4. The average molecular weight is 387 g/mol. The zero-order valence-electron chi connectivity index (χ0n) is 15.7. The first-order valence-corrected chi connectivity index (χ1v) is 9.44. The number of amides is 2. The second kappa shape index (κ2) is 6.88. The maximum atomic E-state index is 13.0. The minimum absolute atomic E-state index is 0.0721. The topological polar surface area (TPSA) is 55.8 Å². The molecule has 142 valence electrons. The van der Waals surface area contributed by atoms with Gasteiger partial charge in [0.15, 0.2) is 0 Å². The van der Waals surface area contributed by atoms with Crippen LogP contribution in [0.3, 0.4) is 0 Å². The van der Waals surface area contributed by atoms with E-state index in [1.54, 1.807) is 6.20 Å². The van der Waals surface area contributed by atoms with Crippen LogP contribution >= 0.6 is 11.6 Å². The molecule has 7 nitrogen and oxygen atoms in total. The first kappa shape index (κ1) is 17.9. The highest BCUT2D eigenvalue weighted by Crippen LogP contribution is 2.33. The number of halogens is 1. The Balaban J connectivity index is 1.56. The van der Waals surface area contributed by atoms with Gasteiger partial charge in [0.05, 0.1) is 12.1 Å². The van der Waals surface area contributed by atoms with E-state index in [2.05, 4.69) is 21.8 Å². The molecule has 4 rings (SSSR count). The molecule has 0 spiro atoms. The molecule has 1 aromatic heterocycles. The molecule has 2 unspecified atom stereocenters. The van der Waals surface area contributed by atoms with Gasteiger partial charge in [0.2, 0.25) is 5.28 Å². The number of piperazine rings is 1. The molecule has 8 heteroatoms. The second-order valence-electron chi connectivity index (χ2n) is 7.19. The van der Waals surface area contributed by atoms with Crippen LogP contribution < -0.4 is 14.7 Å². The van der Waals surface area contributed by atoms with Gasteiger partial charge < -0.3 is 14.7 Å². The molecule has 2 atom stereocenters. The molecular formula is C19H23ClN6O. The normalized spacial score (nSPS) is 22.2. The molecule has 1 aromatic carbocycles. The summed E-state index contributed by atoms with van der Waals surface area (Å²) in [6, 6.07) is 10.2. The Morgan fingerprint density at radius 1 is 1.15 bits per heavy atom. The Morgan fingerprint density at radius 3 is 2.56 bits per heavy atom. The average Bonchev–Trinajstić information content (AvgIpc) is 2.92. The van der Waals surface area contributed by atoms with Crippen molar-refractivity contribution in [3.8, 4) is 0 Å². The predicted octanol–water partition coefficient (Wildman–Crippen LogP) is 2.72. The molecule has 3 heterocycles. The van der Waals surface area contributed by atoms with Crippen molar-refractivity contribution in [2.45, 2.75) is 19.0 Å². The number of nitrogens with zero attached hydrogens (tertiary/aromatic N) is 6. The van der Waals surface area contributed by atoms with E-state index >= 15 is 0 Å². The lowest BCUT2D eigenvalue weighted by Crippen LogP contribution is -2.53. The van der Waals surface area contributed by atoms with Crippen LogP contribution in [0.2, 0.25) is 5.28 Å². The van der Waals surface area contributed by atoms with Gasteiger partial charge in [-0.2, -0.15) is 0 Å². The fourth-order valence-corrected chi connectivity index (χ4v) is 4.06. The van der Waals surface area contributed by atoms with E-state index in [9.17, 15) is 4.79 Å². The van der Waals surface area contributed by atoms with E-state index in [-0.39, 0.29) is 23.4 Å². The smallest absolute Gasteiger partial charge is 0.325 e. The van der Waals surface area contributed by atoms with E-state index in [4.69, 9.17) is 11.6 Å². The van der Waals surface area contributed by atoms with Gasteiger partial charge >= 0.3 is 6.03 Å². The molecule has 2 aliphatic rings. The van der Waals surface area contributed by atoms with Gasteiger partial charge in [0.25, 0.3) is 0 Å². The number of fused-ring (bicyclic) bond motifs is 1. The van der Waals surface area contributed by atoms with Crippen LogP contribution in [0.4, 0.5) is 22.0 Å². The Morgan fingerprint density at radius 2 is 1.89 bits per heavy atom. The Bertz CT molecular complexity index is 842. The molecule has 0 radical (unpaired) electrons. The van der Waals surface area contributed by atoms with E-state index in [1.165, 1.54) is 0 Å². The van der Waals surface area contributed by atoms with Gasteiger partial charge in [-0.3, -0.25) is 4.90 Å². The van der Waals surface area contributed by atoms with Crippen LogP contribution in [0, 0.1) is 0 Å². The van der Waals surface area contributed by atoms with Crippen molar-refractivity contribution in [2.24, 2.45) is 0 Å². The van der Waals surface area contributed by atoms with Crippen molar-refractivity contribution in [3.05, 3.63) is 41.8 Å². The highest BCUT2D eigenvalue weighted by Gasteiger charge is 2.46. The quantitative estimate of drug-likeness (QED) is 0.759. The largest absolute Gasteiger partial charge is 0.378 e. The molecule has 0 aliphatic carbocycles. The summed E-state index contributed by atoms with van der Waals surface area (Å²) in [6.45, 7) is 4.24. The maximum absolute atomic E-state index is 13.0. The SMILES string of the molecule is CC1C2CN(c3ccnc(Cl)n3)CCN2C(=O)N1c1ccc(N(C)C)cc1. The Labute approximate surface area is 164 Å². The zero-order chi connectivity index (χ0) is 19.1. The molecule has 27 heavy (non-hydrogen) atoms. The van der Waals surface area contributed by atoms with Crippen molar-refractivity contribution < 1.29 is 4.79 Å². The van der Waals surface area contributed by atoms with Crippen molar-refractivity contribution in [1.82, 2.24) is 14.9 Å². The van der Waals surface area contributed by atoms with Crippen LogP contribution in [0.5, 0.6) is 0 Å². The third-order valence-corrected chi connectivity index (χ3v) is 5.60. The lowest BCUT2D eigenvalue weighted by Gasteiger charge is -2.38. The molecular weight excluding hydrogens is 364 g/mol. The van der Waals surface area contributed by atoms with Gasteiger partial charge in [-0.15, -0.1) is 0 Å². The monoisotopic (exact) mass is 386 g/mol. The second-order valence-corrected chi connectivity index (χ2v) is 7.53. The summed E-state index contributed by atoms with van der Waals surface area (Å²) in [5, 5.41) is 0.244. The molecule has 0 N–H and O–H groups in total. The Kier molecular flexibility index (Phi) is 4.55. The fourth-order valence-electron chi connectivity index (χ4n) is 3.91. The van der Waals surface area contributed by atoms with Gasteiger partial charge in [0.1, 0.15) is 5.82 Å². The fraction of sp³-hybridized carbons (Fsp3) is 0.421.